The normalized spacial score (nSPS) is 9.17. The summed E-state index contributed by atoms with van der Waals surface area (Å²) in [5.74, 6) is 0. The fourth-order valence-electron chi connectivity index (χ4n) is 0.747. The first kappa shape index (κ1) is 9.31. The standard InChI is InChI=1S/C8H9IN2O/c1-10-8(12)11-7-5-3-2-4-6(7)9/h2-5H,1H3,(H2,10,11,12). The lowest BCUT2D eigenvalue weighted by molar-refractivity contribution is 0.254. The molecule has 1 aromatic rings. The zero-order valence-corrected chi connectivity index (χ0v) is 8.75. The van der Waals surface area contributed by atoms with Gasteiger partial charge in [-0.05, 0) is 34.7 Å². The molecule has 2 N–H and O–H groups in total. The van der Waals surface area contributed by atoms with Crippen LogP contribution in [0.4, 0.5) is 10.5 Å². The quantitative estimate of drug-likeness (QED) is 0.757. The molecule has 0 atom stereocenters. The molecule has 1 rings (SSSR count). The smallest absolute Gasteiger partial charge is 0.319 e. The second-order valence-corrected chi connectivity index (χ2v) is 3.35. The van der Waals surface area contributed by atoms with Gasteiger partial charge in [0.2, 0.25) is 0 Å². The molecule has 64 valence electrons. The van der Waals surface area contributed by atoms with Gasteiger partial charge in [-0.2, -0.15) is 0 Å². The van der Waals surface area contributed by atoms with Crippen LogP contribution in [0.1, 0.15) is 0 Å². The van der Waals surface area contributed by atoms with Crippen molar-refractivity contribution in [2.24, 2.45) is 0 Å². The number of amides is 2. The number of rotatable bonds is 1. The first-order valence-electron chi connectivity index (χ1n) is 3.47. The number of carbonyl (C=O) groups excluding carboxylic acids is 1. The van der Waals surface area contributed by atoms with Crippen molar-refractivity contribution < 1.29 is 4.79 Å². The van der Waals surface area contributed by atoms with E-state index in [2.05, 4.69) is 33.2 Å². The molecule has 0 bridgehead atoms. The van der Waals surface area contributed by atoms with Gasteiger partial charge in [0, 0.05) is 10.6 Å². The largest absolute Gasteiger partial charge is 0.341 e. The van der Waals surface area contributed by atoms with Crippen molar-refractivity contribution in [1.82, 2.24) is 5.32 Å². The number of nitrogens with one attached hydrogen (secondary N) is 2. The zero-order valence-electron chi connectivity index (χ0n) is 6.60. The van der Waals surface area contributed by atoms with Crippen LogP contribution in [0.3, 0.4) is 0 Å². The average Bonchev–Trinajstić information content (AvgIpc) is 2.09. The van der Waals surface area contributed by atoms with Crippen molar-refractivity contribution in [1.29, 1.82) is 0 Å². The molecular weight excluding hydrogens is 267 g/mol. The molecule has 1 aromatic carbocycles. The Kier molecular flexibility index (Phi) is 3.33. The highest BCUT2D eigenvalue weighted by Gasteiger charge is 2.00. The number of halogens is 1. The van der Waals surface area contributed by atoms with Gasteiger partial charge in [0.15, 0.2) is 0 Å². The highest BCUT2D eigenvalue weighted by molar-refractivity contribution is 14.1. The number of benzene rings is 1. The summed E-state index contributed by atoms with van der Waals surface area (Å²) < 4.78 is 1.03. The summed E-state index contributed by atoms with van der Waals surface area (Å²) in [6.45, 7) is 0. The minimum Gasteiger partial charge on any atom is -0.341 e. The summed E-state index contributed by atoms with van der Waals surface area (Å²) in [6.07, 6.45) is 0. The Hall–Kier alpha value is -0.780. The molecule has 0 aromatic heterocycles. The van der Waals surface area contributed by atoms with E-state index in [4.69, 9.17) is 0 Å². The first-order chi connectivity index (χ1) is 5.74. The van der Waals surface area contributed by atoms with Gasteiger partial charge in [0.1, 0.15) is 0 Å². The van der Waals surface area contributed by atoms with Crippen molar-refractivity contribution in [3.63, 3.8) is 0 Å². The molecule has 3 nitrogen and oxygen atoms in total. The molecule has 0 unspecified atom stereocenters. The van der Waals surface area contributed by atoms with E-state index in [-0.39, 0.29) is 6.03 Å². The highest BCUT2D eigenvalue weighted by atomic mass is 127. The number of hydrogen-bond acceptors (Lipinski definition) is 1. The van der Waals surface area contributed by atoms with E-state index in [0.717, 1.165) is 9.26 Å². The summed E-state index contributed by atoms with van der Waals surface area (Å²) in [6, 6.07) is 7.41. The lowest BCUT2D eigenvalue weighted by atomic mass is 10.3. The van der Waals surface area contributed by atoms with E-state index in [1.165, 1.54) is 0 Å². The van der Waals surface area contributed by atoms with E-state index in [0.29, 0.717) is 0 Å². The topological polar surface area (TPSA) is 41.1 Å². The van der Waals surface area contributed by atoms with Crippen molar-refractivity contribution in [2.75, 3.05) is 12.4 Å². The molecule has 2 amide bonds. The Bertz CT molecular complexity index is 288. The monoisotopic (exact) mass is 276 g/mol. The second kappa shape index (κ2) is 4.30. The Morgan fingerprint density at radius 3 is 2.67 bits per heavy atom. The molecule has 0 saturated heterocycles. The maximum Gasteiger partial charge on any atom is 0.319 e. The van der Waals surface area contributed by atoms with Gasteiger partial charge >= 0.3 is 6.03 Å². The number of urea groups is 1. The Morgan fingerprint density at radius 2 is 2.08 bits per heavy atom. The van der Waals surface area contributed by atoms with Gasteiger partial charge in [-0.3, -0.25) is 0 Å². The summed E-state index contributed by atoms with van der Waals surface area (Å²) in [7, 11) is 1.59. The Labute approximate surface area is 84.7 Å². The number of anilines is 1. The molecule has 0 aliphatic heterocycles. The van der Waals surface area contributed by atoms with Gasteiger partial charge in [0.05, 0.1) is 5.69 Å². The molecule has 0 aliphatic rings. The van der Waals surface area contributed by atoms with Crippen LogP contribution in [0.15, 0.2) is 24.3 Å². The number of carbonyl (C=O) groups is 1. The summed E-state index contributed by atoms with van der Waals surface area (Å²) in [5, 5.41) is 5.19. The highest BCUT2D eigenvalue weighted by Crippen LogP contribution is 2.16. The van der Waals surface area contributed by atoms with Crippen LogP contribution >= 0.6 is 22.6 Å². The minimum absolute atomic E-state index is 0.195. The molecule has 12 heavy (non-hydrogen) atoms. The maximum atomic E-state index is 10.9. The molecule has 4 heteroatoms. The molecule has 0 aliphatic carbocycles. The van der Waals surface area contributed by atoms with Crippen molar-refractivity contribution in [2.45, 2.75) is 0 Å². The van der Waals surface area contributed by atoms with Crippen LogP contribution in [0.25, 0.3) is 0 Å². The van der Waals surface area contributed by atoms with Gasteiger partial charge in [-0.1, -0.05) is 12.1 Å². The molecule has 0 heterocycles. The third kappa shape index (κ3) is 2.37. The van der Waals surface area contributed by atoms with Crippen molar-refractivity contribution in [3.8, 4) is 0 Å². The molecule has 0 radical (unpaired) electrons. The van der Waals surface area contributed by atoms with Crippen LogP contribution in [0.5, 0.6) is 0 Å². The van der Waals surface area contributed by atoms with E-state index >= 15 is 0 Å². The lowest BCUT2D eigenvalue weighted by Gasteiger charge is -2.05. The van der Waals surface area contributed by atoms with Crippen molar-refractivity contribution in [3.05, 3.63) is 27.8 Å². The maximum absolute atomic E-state index is 10.9. The van der Waals surface area contributed by atoms with Crippen LogP contribution in [0.2, 0.25) is 0 Å². The van der Waals surface area contributed by atoms with Crippen LogP contribution in [0, 0.1) is 3.57 Å². The summed E-state index contributed by atoms with van der Waals surface area (Å²) >= 11 is 2.17. The van der Waals surface area contributed by atoms with Crippen LogP contribution in [-0.4, -0.2) is 13.1 Å². The average molecular weight is 276 g/mol. The summed E-state index contributed by atoms with van der Waals surface area (Å²) in [5.41, 5.74) is 0.831. The molecular formula is C8H9IN2O. The molecule has 0 saturated carbocycles. The lowest BCUT2D eigenvalue weighted by Crippen LogP contribution is -2.24. The zero-order chi connectivity index (χ0) is 8.97. The third-order valence-electron chi connectivity index (χ3n) is 1.35. The van der Waals surface area contributed by atoms with E-state index in [9.17, 15) is 4.79 Å². The van der Waals surface area contributed by atoms with Gasteiger partial charge in [0.25, 0.3) is 0 Å². The molecule has 0 spiro atoms. The van der Waals surface area contributed by atoms with Gasteiger partial charge in [-0.25, -0.2) is 4.79 Å². The first-order valence-corrected chi connectivity index (χ1v) is 4.55. The Morgan fingerprint density at radius 1 is 1.42 bits per heavy atom. The predicted octanol–water partition coefficient (Wildman–Crippen LogP) is 2.04. The molecule has 0 fully saturated rings. The SMILES string of the molecule is CNC(=O)Nc1ccccc1I. The van der Waals surface area contributed by atoms with E-state index in [1.807, 2.05) is 24.3 Å². The number of hydrogen-bond donors (Lipinski definition) is 2. The third-order valence-corrected chi connectivity index (χ3v) is 2.29. The fourth-order valence-corrected chi connectivity index (χ4v) is 1.27. The van der Waals surface area contributed by atoms with Gasteiger partial charge < -0.3 is 10.6 Å². The van der Waals surface area contributed by atoms with E-state index < -0.39 is 0 Å². The van der Waals surface area contributed by atoms with Crippen molar-refractivity contribution >= 4 is 34.3 Å². The Balaban J connectivity index is 2.75. The minimum atomic E-state index is -0.195. The predicted molar refractivity (Wildman–Crippen MR) is 57.2 cm³/mol. The number of para-hydroxylation sites is 1. The van der Waals surface area contributed by atoms with Crippen LogP contribution in [-0.2, 0) is 0 Å². The van der Waals surface area contributed by atoms with Gasteiger partial charge in [-0.15, -0.1) is 0 Å². The second-order valence-electron chi connectivity index (χ2n) is 2.18. The van der Waals surface area contributed by atoms with E-state index in [1.54, 1.807) is 7.05 Å². The van der Waals surface area contributed by atoms with Crippen LogP contribution < -0.4 is 10.6 Å². The fraction of sp³-hybridized carbons (Fsp3) is 0.125. The summed E-state index contributed by atoms with van der Waals surface area (Å²) in [4.78, 5) is 10.9.